The number of ether oxygens (including phenoxy) is 1. The Morgan fingerprint density at radius 2 is 1.50 bits per heavy atom. The zero-order chi connectivity index (χ0) is 20.9. The lowest BCUT2D eigenvalue weighted by Gasteiger charge is -2.30. The molecule has 1 aliphatic rings. The molecule has 0 bridgehead atoms. The van der Waals surface area contributed by atoms with E-state index in [4.69, 9.17) is 4.74 Å². The van der Waals surface area contributed by atoms with Crippen molar-refractivity contribution in [3.05, 3.63) is 94.0 Å². The van der Waals surface area contributed by atoms with Crippen molar-refractivity contribution in [3.8, 4) is 0 Å². The van der Waals surface area contributed by atoms with Crippen molar-refractivity contribution in [3.63, 3.8) is 0 Å². The van der Waals surface area contributed by atoms with Crippen LogP contribution in [0.2, 0.25) is 0 Å². The lowest BCUT2D eigenvalue weighted by Crippen LogP contribution is -2.36. The average molecular weight is 465 g/mol. The van der Waals surface area contributed by atoms with Crippen LogP contribution in [-0.2, 0) is 4.74 Å². The highest BCUT2D eigenvalue weighted by Gasteiger charge is 2.19. The van der Waals surface area contributed by atoms with Crippen molar-refractivity contribution in [2.75, 3.05) is 36.5 Å². The Morgan fingerprint density at radius 3 is 2.20 bits per heavy atom. The normalized spacial score (nSPS) is 13.7. The standard InChI is InChI=1S/C24H21BrN2O3/c25-20-9-6-18(7-10-20)24(29)26-21-16-19(23(28)17-4-2-1-3-5-17)8-11-22(21)27-12-14-30-15-13-27/h1-11,16H,12-15H2,(H,26,29). The zero-order valence-electron chi connectivity index (χ0n) is 16.3. The molecule has 1 heterocycles. The summed E-state index contributed by atoms with van der Waals surface area (Å²) in [7, 11) is 0. The van der Waals surface area contributed by atoms with Gasteiger partial charge in [-0.05, 0) is 42.5 Å². The number of halogens is 1. The Hall–Kier alpha value is -2.96. The van der Waals surface area contributed by atoms with Gasteiger partial charge in [0.05, 0.1) is 24.6 Å². The Labute approximate surface area is 183 Å². The third-order valence-electron chi connectivity index (χ3n) is 5.00. The molecule has 1 saturated heterocycles. The topological polar surface area (TPSA) is 58.6 Å². The van der Waals surface area contributed by atoms with Gasteiger partial charge in [0.1, 0.15) is 0 Å². The van der Waals surface area contributed by atoms with Gasteiger partial charge in [0.25, 0.3) is 5.91 Å². The summed E-state index contributed by atoms with van der Waals surface area (Å²) in [5, 5.41) is 3.00. The average Bonchev–Trinajstić information content (AvgIpc) is 2.80. The minimum absolute atomic E-state index is 0.0803. The first-order valence-electron chi connectivity index (χ1n) is 9.75. The van der Waals surface area contributed by atoms with E-state index in [9.17, 15) is 9.59 Å². The second kappa shape index (κ2) is 9.24. The van der Waals surface area contributed by atoms with Gasteiger partial charge in [-0.1, -0.05) is 46.3 Å². The number of hydrogen-bond acceptors (Lipinski definition) is 4. The highest BCUT2D eigenvalue weighted by molar-refractivity contribution is 9.10. The fourth-order valence-electron chi connectivity index (χ4n) is 3.41. The maximum atomic E-state index is 12.9. The Balaban J connectivity index is 1.67. The number of amides is 1. The number of hydrogen-bond donors (Lipinski definition) is 1. The molecular formula is C24H21BrN2O3. The summed E-state index contributed by atoms with van der Waals surface area (Å²) in [6.45, 7) is 2.72. The van der Waals surface area contributed by atoms with Crippen LogP contribution in [0.4, 0.5) is 11.4 Å². The van der Waals surface area contributed by atoms with Crippen LogP contribution in [0.5, 0.6) is 0 Å². The predicted octanol–water partition coefficient (Wildman–Crippen LogP) is 4.77. The van der Waals surface area contributed by atoms with E-state index in [-0.39, 0.29) is 11.7 Å². The Bertz CT molecular complexity index is 1050. The quantitative estimate of drug-likeness (QED) is 0.552. The molecule has 0 saturated carbocycles. The van der Waals surface area contributed by atoms with E-state index in [0.29, 0.717) is 35.6 Å². The summed E-state index contributed by atoms with van der Waals surface area (Å²) in [5.74, 6) is -0.301. The van der Waals surface area contributed by atoms with Crippen molar-refractivity contribution in [1.29, 1.82) is 0 Å². The molecule has 0 radical (unpaired) electrons. The van der Waals surface area contributed by atoms with Crippen LogP contribution in [0.25, 0.3) is 0 Å². The molecular weight excluding hydrogens is 444 g/mol. The van der Waals surface area contributed by atoms with Gasteiger partial charge in [-0.2, -0.15) is 0 Å². The number of ketones is 1. The molecule has 0 atom stereocenters. The molecule has 6 heteroatoms. The number of nitrogens with one attached hydrogen (secondary N) is 1. The van der Waals surface area contributed by atoms with Gasteiger partial charge in [-0.25, -0.2) is 0 Å². The molecule has 1 amide bonds. The second-order valence-electron chi connectivity index (χ2n) is 6.99. The molecule has 1 fully saturated rings. The highest BCUT2D eigenvalue weighted by Crippen LogP contribution is 2.29. The molecule has 3 aromatic rings. The second-order valence-corrected chi connectivity index (χ2v) is 7.90. The largest absolute Gasteiger partial charge is 0.378 e. The summed E-state index contributed by atoms with van der Waals surface area (Å²) in [5.41, 5.74) is 3.19. The van der Waals surface area contributed by atoms with Crippen LogP contribution in [0.1, 0.15) is 26.3 Å². The Morgan fingerprint density at radius 1 is 0.833 bits per heavy atom. The molecule has 1 N–H and O–H groups in total. The van der Waals surface area contributed by atoms with Crippen LogP contribution in [0, 0.1) is 0 Å². The highest BCUT2D eigenvalue weighted by atomic mass is 79.9. The molecule has 0 unspecified atom stereocenters. The lowest BCUT2D eigenvalue weighted by molar-refractivity contribution is 0.102. The first-order valence-corrected chi connectivity index (χ1v) is 10.5. The van der Waals surface area contributed by atoms with Gasteiger partial charge < -0.3 is 15.0 Å². The summed E-state index contributed by atoms with van der Waals surface area (Å²) in [6, 6.07) is 21.8. The maximum Gasteiger partial charge on any atom is 0.255 e. The van der Waals surface area contributed by atoms with Gasteiger partial charge in [0.2, 0.25) is 0 Å². The van der Waals surface area contributed by atoms with Crippen molar-refractivity contribution in [2.45, 2.75) is 0 Å². The molecule has 1 aliphatic heterocycles. The van der Waals surface area contributed by atoms with E-state index in [1.54, 1.807) is 30.3 Å². The molecule has 3 aromatic carbocycles. The molecule has 30 heavy (non-hydrogen) atoms. The van der Waals surface area contributed by atoms with Gasteiger partial charge in [0, 0.05) is 34.3 Å². The zero-order valence-corrected chi connectivity index (χ0v) is 17.9. The smallest absolute Gasteiger partial charge is 0.255 e. The number of rotatable bonds is 5. The first kappa shape index (κ1) is 20.3. The van der Waals surface area contributed by atoms with Gasteiger partial charge >= 0.3 is 0 Å². The minimum Gasteiger partial charge on any atom is -0.378 e. The third-order valence-corrected chi connectivity index (χ3v) is 5.53. The number of anilines is 2. The molecule has 4 rings (SSSR count). The number of carbonyl (C=O) groups excluding carboxylic acids is 2. The lowest BCUT2D eigenvalue weighted by atomic mass is 10.0. The number of morpholine rings is 1. The van der Waals surface area contributed by atoms with Gasteiger partial charge in [-0.15, -0.1) is 0 Å². The van der Waals surface area contributed by atoms with Crippen LogP contribution in [-0.4, -0.2) is 38.0 Å². The van der Waals surface area contributed by atoms with E-state index in [1.165, 1.54) is 0 Å². The van der Waals surface area contributed by atoms with Crippen LogP contribution >= 0.6 is 15.9 Å². The molecule has 0 aromatic heterocycles. The Kier molecular flexibility index (Phi) is 6.26. The van der Waals surface area contributed by atoms with E-state index >= 15 is 0 Å². The molecule has 152 valence electrons. The summed E-state index contributed by atoms with van der Waals surface area (Å²) in [4.78, 5) is 27.9. The molecule has 0 spiro atoms. The van der Waals surface area contributed by atoms with Gasteiger partial charge in [0.15, 0.2) is 5.78 Å². The SMILES string of the molecule is O=C(Nc1cc(C(=O)c2ccccc2)ccc1N1CCOCC1)c1ccc(Br)cc1. The van der Waals surface area contributed by atoms with E-state index < -0.39 is 0 Å². The van der Waals surface area contributed by atoms with Crippen LogP contribution < -0.4 is 10.2 Å². The first-order chi connectivity index (χ1) is 14.6. The summed E-state index contributed by atoms with van der Waals surface area (Å²) in [6.07, 6.45) is 0. The van der Waals surface area contributed by atoms with Crippen molar-refractivity contribution in [2.24, 2.45) is 0 Å². The monoisotopic (exact) mass is 464 g/mol. The van der Waals surface area contributed by atoms with Crippen molar-refractivity contribution >= 4 is 39.0 Å². The minimum atomic E-state index is -0.221. The van der Waals surface area contributed by atoms with E-state index in [1.807, 2.05) is 42.5 Å². The third kappa shape index (κ3) is 4.61. The van der Waals surface area contributed by atoms with Gasteiger partial charge in [-0.3, -0.25) is 9.59 Å². The van der Waals surface area contributed by atoms with Crippen molar-refractivity contribution in [1.82, 2.24) is 0 Å². The molecule has 0 aliphatic carbocycles. The van der Waals surface area contributed by atoms with Crippen LogP contribution in [0.15, 0.2) is 77.3 Å². The molecule has 5 nitrogen and oxygen atoms in total. The fraction of sp³-hybridized carbons (Fsp3) is 0.167. The van der Waals surface area contributed by atoms with E-state index in [2.05, 4.69) is 26.1 Å². The number of carbonyl (C=O) groups is 2. The van der Waals surface area contributed by atoms with Crippen LogP contribution in [0.3, 0.4) is 0 Å². The maximum absolute atomic E-state index is 12.9. The number of nitrogens with zero attached hydrogens (tertiary/aromatic N) is 1. The van der Waals surface area contributed by atoms with Crippen molar-refractivity contribution < 1.29 is 14.3 Å². The predicted molar refractivity (Wildman–Crippen MR) is 121 cm³/mol. The number of benzene rings is 3. The fourth-order valence-corrected chi connectivity index (χ4v) is 3.67. The van der Waals surface area contributed by atoms with E-state index in [0.717, 1.165) is 23.2 Å². The summed E-state index contributed by atoms with van der Waals surface area (Å²) < 4.78 is 6.36. The summed E-state index contributed by atoms with van der Waals surface area (Å²) >= 11 is 3.39.